The first-order valence-electron chi connectivity index (χ1n) is 7.33. The van der Waals surface area contributed by atoms with Gasteiger partial charge in [-0.25, -0.2) is 10.8 Å². The second-order valence-corrected chi connectivity index (χ2v) is 5.51. The number of rotatable bonds is 5. The fourth-order valence-corrected chi connectivity index (χ4v) is 2.40. The molecule has 1 aromatic carbocycles. The summed E-state index contributed by atoms with van der Waals surface area (Å²) in [5, 5.41) is 13.9. The highest BCUT2D eigenvalue weighted by molar-refractivity contribution is 5.70. The molecule has 6 N–H and O–H groups in total. The van der Waals surface area contributed by atoms with Crippen molar-refractivity contribution in [3.05, 3.63) is 30.5 Å². The lowest BCUT2D eigenvalue weighted by Gasteiger charge is -2.32. The lowest BCUT2D eigenvalue weighted by molar-refractivity contribution is 0.0834. The van der Waals surface area contributed by atoms with E-state index in [1.807, 2.05) is 24.3 Å². The second-order valence-electron chi connectivity index (χ2n) is 5.51. The summed E-state index contributed by atoms with van der Waals surface area (Å²) < 4.78 is 5.13. The van der Waals surface area contributed by atoms with E-state index >= 15 is 0 Å². The predicted molar refractivity (Wildman–Crippen MR) is 88.4 cm³/mol. The van der Waals surface area contributed by atoms with Gasteiger partial charge in [0.25, 0.3) is 0 Å². The standard InChI is InChI=1S/C15H20N6O2/c1-23-12-4-2-10(3-5-12)21(17)14-13(16)8-18-15(20-14)19-9-6-11(22)7-9/h2-5,8-9,11,22H,6-7,16-17H2,1H3,(H,18,19,20). The Labute approximate surface area is 134 Å². The van der Waals surface area contributed by atoms with Crippen LogP contribution in [0.4, 0.5) is 23.1 Å². The van der Waals surface area contributed by atoms with Crippen LogP contribution in [0.25, 0.3) is 0 Å². The van der Waals surface area contributed by atoms with Crippen LogP contribution < -0.4 is 26.6 Å². The summed E-state index contributed by atoms with van der Waals surface area (Å²) in [5.74, 6) is 7.72. The van der Waals surface area contributed by atoms with Crippen molar-refractivity contribution in [1.29, 1.82) is 0 Å². The largest absolute Gasteiger partial charge is 0.497 e. The van der Waals surface area contributed by atoms with Crippen molar-refractivity contribution in [2.75, 3.05) is 23.2 Å². The first-order chi connectivity index (χ1) is 11.1. The number of hydrogen-bond acceptors (Lipinski definition) is 8. The highest BCUT2D eigenvalue weighted by atomic mass is 16.5. The van der Waals surface area contributed by atoms with Crippen molar-refractivity contribution in [2.45, 2.75) is 25.0 Å². The monoisotopic (exact) mass is 316 g/mol. The zero-order chi connectivity index (χ0) is 16.4. The van der Waals surface area contributed by atoms with Gasteiger partial charge in [0.2, 0.25) is 5.95 Å². The molecule has 0 radical (unpaired) electrons. The van der Waals surface area contributed by atoms with Crippen molar-refractivity contribution < 1.29 is 9.84 Å². The molecule has 0 atom stereocenters. The lowest BCUT2D eigenvalue weighted by Crippen LogP contribution is -2.39. The molecule has 1 heterocycles. The normalized spacial score (nSPS) is 19.8. The Bertz CT molecular complexity index is 672. The number of ether oxygens (including phenoxy) is 1. The minimum absolute atomic E-state index is 0.175. The third-order valence-corrected chi connectivity index (χ3v) is 3.82. The number of nitrogen functional groups attached to an aromatic ring is 1. The first kappa shape index (κ1) is 15.3. The average Bonchev–Trinajstić information content (AvgIpc) is 2.54. The SMILES string of the molecule is COc1ccc(N(N)c2nc(NC3CC(O)C3)ncc2N)cc1. The minimum atomic E-state index is -0.244. The maximum atomic E-state index is 9.34. The van der Waals surface area contributed by atoms with Gasteiger partial charge in [-0.15, -0.1) is 0 Å². The summed E-state index contributed by atoms with van der Waals surface area (Å²) in [6.07, 6.45) is 2.65. The highest BCUT2D eigenvalue weighted by Gasteiger charge is 2.27. The third kappa shape index (κ3) is 3.27. The van der Waals surface area contributed by atoms with E-state index < -0.39 is 0 Å². The maximum absolute atomic E-state index is 9.34. The Hall–Kier alpha value is -2.58. The molecule has 8 heteroatoms. The summed E-state index contributed by atoms with van der Waals surface area (Å²) in [4.78, 5) is 8.54. The first-order valence-corrected chi connectivity index (χ1v) is 7.33. The van der Waals surface area contributed by atoms with Crippen LogP contribution in [0.2, 0.25) is 0 Å². The summed E-state index contributed by atoms with van der Waals surface area (Å²) in [5.41, 5.74) is 7.04. The van der Waals surface area contributed by atoms with Crippen LogP contribution in [0.15, 0.2) is 30.5 Å². The molecule has 0 aliphatic heterocycles. The molecule has 1 aliphatic rings. The molecule has 8 nitrogen and oxygen atoms in total. The molecule has 0 amide bonds. The van der Waals surface area contributed by atoms with E-state index in [0.717, 1.165) is 11.4 Å². The molecule has 0 bridgehead atoms. The zero-order valence-electron chi connectivity index (χ0n) is 12.8. The number of anilines is 4. The van der Waals surface area contributed by atoms with Gasteiger partial charge in [0.15, 0.2) is 5.82 Å². The molecule has 2 aromatic rings. The van der Waals surface area contributed by atoms with E-state index in [4.69, 9.17) is 16.3 Å². The van der Waals surface area contributed by atoms with E-state index in [2.05, 4.69) is 15.3 Å². The molecule has 0 unspecified atom stereocenters. The van der Waals surface area contributed by atoms with Gasteiger partial charge in [0.1, 0.15) is 5.75 Å². The number of methoxy groups -OCH3 is 1. The molecule has 3 rings (SSSR count). The van der Waals surface area contributed by atoms with Gasteiger partial charge in [0, 0.05) is 6.04 Å². The smallest absolute Gasteiger partial charge is 0.225 e. The molecule has 1 fully saturated rings. The second kappa shape index (κ2) is 6.27. The Balaban J connectivity index is 1.79. The number of aliphatic hydroxyl groups excluding tert-OH is 1. The molecule has 1 aromatic heterocycles. The van der Waals surface area contributed by atoms with Crippen LogP contribution in [0.5, 0.6) is 5.75 Å². The topological polar surface area (TPSA) is 123 Å². The minimum Gasteiger partial charge on any atom is -0.497 e. The van der Waals surface area contributed by atoms with Crippen LogP contribution in [0.1, 0.15) is 12.8 Å². The van der Waals surface area contributed by atoms with Crippen LogP contribution in [-0.2, 0) is 0 Å². The van der Waals surface area contributed by atoms with Crippen LogP contribution >= 0.6 is 0 Å². The Kier molecular flexibility index (Phi) is 4.18. The third-order valence-electron chi connectivity index (χ3n) is 3.82. The summed E-state index contributed by atoms with van der Waals surface area (Å²) in [7, 11) is 1.60. The van der Waals surface area contributed by atoms with E-state index in [9.17, 15) is 5.11 Å². The number of aromatic nitrogens is 2. The molecule has 1 aliphatic carbocycles. The molecular weight excluding hydrogens is 296 g/mol. The summed E-state index contributed by atoms with van der Waals surface area (Å²) >= 11 is 0. The molecule has 1 saturated carbocycles. The highest BCUT2D eigenvalue weighted by Crippen LogP contribution is 2.28. The van der Waals surface area contributed by atoms with Gasteiger partial charge in [-0.1, -0.05) is 0 Å². The Morgan fingerprint density at radius 2 is 2.00 bits per heavy atom. The number of hydrazine groups is 1. The van der Waals surface area contributed by atoms with Crippen LogP contribution in [-0.4, -0.2) is 34.3 Å². The van der Waals surface area contributed by atoms with Crippen molar-refractivity contribution in [3.63, 3.8) is 0 Å². The van der Waals surface area contributed by atoms with E-state index in [0.29, 0.717) is 30.3 Å². The van der Waals surface area contributed by atoms with E-state index in [1.54, 1.807) is 7.11 Å². The van der Waals surface area contributed by atoms with Crippen molar-refractivity contribution >= 4 is 23.1 Å². The fourth-order valence-electron chi connectivity index (χ4n) is 2.40. The van der Waals surface area contributed by atoms with Gasteiger partial charge in [-0.05, 0) is 37.1 Å². The number of nitrogens with two attached hydrogens (primary N) is 2. The maximum Gasteiger partial charge on any atom is 0.225 e. The lowest BCUT2D eigenvalue weighted by atomic mass is 9.90. The molecule has 122 valence electrons. The predicted octanol–water partition coefficient (Wildman–Crippen LogP) is 1.01. The number of nitrogens with one attached hydrogen (secondary N) is 1. The summed E-state index contributed by atoms with van der Waals surface area (Å²) in [6, 6.07) is 7.42. The van der Waals surface area contributed by atoms with Gasteiger partial charge < -0.3 is 20.9 Å². The molecular formula is C15H20N6O2. The summed E-state index contributed by atoms with van der Waals surface area (Å²) in [6.45, 7) is 0. The van der Waals surface area contributed by atoms with Crippen molar-refractivity contribution in [1.82, 2.24) is 9.97 Å². The van der Waals surface area contributed by atoms with Gasteiger partial charge >= 0.3 is 0 Å². The molecule has 23 heavy (non-hydrogen) atoms. The van der Waals surface area contributed by atoms with Crippen LogP contribution in [0.3, 0.4) is 0 Å². The van der Waals surface area contributed by atoms with E-state index in [-0.39, 0.29) is 12.1 Å². The Morgan fingerprint density at radius 1 is 1.30 bits per heavy atom. The van der Waals surface area contributed by atoms with Crippen molar-refractivity contribution in [3.8, 4) is 5.75 Å². The number of hydrogen-bond donors (Lipinski definition) is 4. The fraction of sp³-hybridized carbons (Fsp3) is 0.333. The van der Waals surface area contributed by atoms with Gasteiger partial charge in [0.05, 0.1) is 30.8 Å². The quantitative estimate of drug-likeness (QED) is 0.476. The Morgan fingerprint density at radius 3 is 2.61 bits per heavy atom. The van der Waals surface area contributed by atoms with Gasteiger partial charge in [-0.2, -0.15) is 4.98 Å². The average molecular weight is 316 g/mol. The van der Waals surface area contributed by atoms with Gasteiger partial charge in [-0.3, -0.25) is 5.01 Å². The number of benzene rings is 1. The number of aliphatic hydroxyl groups is 1. The molecule has 0 spiro atoms. The van der Waals surface area contributed by atoms with E-state index in [1.165, 1.54) is 11.2 Å². The van der Waals surface area contributed by atoms with Crippen LogP contribution in [0, 0.1) is 0 Å². The number of nitrogens with zero attached hydrogens (tertiary/aromatic N) is 3. The van der Waals surface area contributed by atoms with Crippen molar-refractivity contribution in [2.24, 2.45) is 5.84 Å². The zero-order valence-corrected chi connectivity index (χ0v) is 12.8. The molecule has 0 saturated heterocycles.